The van der Waals surface area contributed by atoms with Crippen LogP contribution in [0.1, 0.15) is 73.4 Å². The van der Waals surface area contributed by atoms with Crippen molar-refractivity contribution in [3.63, 3.8) is 0 Å². The summed E-state index contributed by atoms with van der Waals surface area (Å²) in [6.07, 6.45) is 7.93. The monoisotopic (exact) mass is 356 g/mol. The fraction of sp³-hybridized carbons (Fsp3) is 0.500. The number of ether oxygens (including phenoxy) is 2. The van der Waals surface area contributed by atoms with E-state index in [0.717, 1.165) is 43.4 Å². The van der Waals surface area contributed by atoms with Crippen molar-refractivity contribution in [2.24, 2.45) is 5.92 Å². The standard InChI is InChI=1S/C22H28O4/c1-5-6-7-8-15-12-18-20(21(23)19(15)22(24)25-4)17-11-13(2)9-10-16(17)14(3)26-18/h11-12,16-17,23H,3,5-10H2,1-2,4H3/t16-,17+/m0/s1. The van der Waals surface area contributed by atoms with Crippen LogP contribution in [0.5, 0.6) is 11.5 Å². The molecule has 1 aromatic carbocycles. The number of hydrogen-bond donors (Lipinski definition) is 1. The molecule has 0 fully saturated rings. The van der Waals surface area contributed by atoms with Gasteiger partial charge in [0.2, 0.25) is 0 Å². The summed E-state index contributed by atoms with van der Waals surface area (Å²) in [4.78, 5) is 12.4. The number of fused-ring (bicyclic) bond motifs is 3. The van der Waals surface area contributed by atoms with Gasteiger partial charge in [-0.3, -0.25) is 0 Å². The molecule has 0 spiro atoms. The van der Waals surface area contributed by atoms with E-state index in [1.165, 1.54) is 12.7 Å². The number of rotatable bonds is 5. The molecular formula is C22H28O4. The maximum atomic E-state index is 12.4. The van der Waals surface area contributed by atoms with Gasteiger partial charge >= 0.3 is 5.97 Å². The van der Waals surface area contributed by atoms with Crippen molar-refractivity contribution in [2.75, 3.05) is 7.11 Å². The highest BCUT2D eigenvalue weighted by Gasteiger charge is 2.39. The molecule has 0 aromatic heterocycles. The Balaban J connectivity index is 2.14. The van der Waals surface area contributed by atoms with Crippen LogP contribution in [0.25, 0.3) is 0 Å². The Morgan fingerprint density at radius 2 is 2.19 bits per heavy atom. The van der Waals surface area contributed by atoms with Crippen molar-refractivity contribution in [2.45, 2.75) is 58.3 Å². The van der Waals surface area contributed by atoms with Crippen LogP contribution in [0.3, 0.4) is 0 Å². The number of methoxy groups -OCH3 is 1. The fourth-order valence-corrected chi connectivity index (χ4v) is 4.14. The zero-order chi connectivity index (χ0) is 18.8. The summed E-state index contributed by atoms with van der Waals surface area (Å²) < 4.78 is 11.0. The topological polar surface area (TPSA) is 55.8 Å². The minimum Gasteiger partial charge on any atom is -0.507 e. The second kappa shape index (κ2) is 7.56. The van der Waals surface area contributed by atoms with Crippen LogP contribution >= 0.6 is 0 Å². The Morgan fingerprint density at radius 3 is 2.88 bits per heavy atom. The van der Waals surface area contributed by atoms with Gasteiger partial charge in [0.05, 0.1) is 7.11 Å². The van der Waals surface area contributed by atoms with E-state index in [1.54, 1.807) is 0 Å². The lowest BCUT2D eigenvalue weighted by Crippen LogP contribution is -2.26. The van der Waals surface area contributed by atoms with Gasteiger partial charge in [-0.25, -0.2) is 4.79 Å². The summed E-state index contributed by atoms with van der Waals surface area (Å²) in [5, 5.41) is 11.0. The summed E-state index contributed by atoms with van der Waals surface area (Å²) in [7, 11) is 1.35. The number of unbranched alkanes of at least 4 members (excludes halogenated alkanes) is 2. The van der Waals surface area contributed by atoms with Crippen LogP contribution in [0.15, 0.2) is 30.1 Å². The van der Waals surface area contributed by atoms with Gasteiger partial charge in [-0.2, -0.15) is 0 Å². The molecule has 3 rings (SSSR count). The number of allylic oxidation sites excluding steroid dienone is 3. The van der Waals surface area contributed by atoms with Gasteiger partial charge < -0.3 is 14.6 Å². The third kappa shape index (κ3) is 3.25. The van der Waals surface area contributed by atoms with Gasteiger partial charge in [-0.1, -0.05) is 38.0 Å². The number of phenolic OH excluding ortho intramolecular Hbond substituents is 1. The number of aromatic hydroxyl groups is 1. The van der Waals surface area contributed by atoms with Crippen LogP contribution in [-0.4, -0.2) is 18.2 Å². The van der Waals surface area contributed by atoms with Crippen LogP contribution in [0, 0.1) is 5.92 Å². The van der Waals surface area contributed by atoms with Gasteiger partial charge in [-0.05, 0) is 44.2 Å². The Bertz CT molecular complexity index is 760. The lowest BCUT2D eigenvalue weighted by atomic mass is 9.73. The van der Waals surface area contributed by atoms with E-state index in [1.807, 2.05) is 6.07 Å². The molecule has 1 aliphatic heterocycles. The lowest BCUT2D eigenvalue weighted by molar-refractivity contribution is 0.0595. The quantitative estimate of drug-likeness (QED) is 0.444. The van der Waals surface area contributed by atoms with Crippen LogP contribution in [-0.2, 0) is 11.2 Å². The number of aryl methyl sites for hydroxylation is 1. The summed E-state index contributed by atoms with van der Waals surface area (Å²) in [6, 6.07) is 1.90. The van der Waals surface area contributed by atoms with E-state index in [9.17, 15) is 9.90 Å². The van der Waals surface area contributed by atoms with Crippen molar-refractivity contribution in [1.29, 1.82) is 0 Å². The zero-order valence-electron chi connectivity index (χ0n) is 15.9. The smallest absolute Gasteiger partial charge is 0.341 e. The first-order chi connectivity index (χ1) is 12.5. The molecule has 0 radical (unpaired) electrons. The predicted molar refractivity (Wildman–Crippen MR) is 102 cm³/mol. The van der Waals surface area contributed by atoms with E-state index in [4.69, 9.17) is 9.47 Å². The molecule has 2 aliphatic rings. The molecule has 4 heteroatoms. The molecule has 1 aromatic rings. The predicted octanol–water partition coefficient (Wildman–Crippen LogP) is 5.26. The first-order valence-electron chi connectivity index (χ1n) is 9.48. The van der Waals surface area contributed by atoms with Gasteiger partial charge in [-0.15, -0.1) is 0 Å². The van der Waals surface area contributed by atoms with Gasteiger partial charge in [0.25, 0.3) is 0 Å². The third-order valence-electron chi connectivity index (χ3n) is 5.56. The second-order valence-corrected chi connectivity index (χ2v) is 7.37. The van der Waals surface area contributed by atoms with Crippen molar-refractivity contribution >= 4 is 5.97 Å². The SMILES string of the molecule is C=C1Oc2cc(CCCCC)c(C(=O)OC)c(O)c2[C@@H]2C=C(C)CC[C@@H]12. The Morgan fingerprint density at radius 1 is 1.42 bits per heavy atom. The number of carbonyl (C=O) groups is 1. The number of phenols is 1. The van der Waals surface area contributed by atoms with Gasteiger partial charge in [0.15, 0.2) is 0 Å². The molecule has 4 nitrogen and oxygen atoms in total. The average molecular weight is 356 g/mol. The molecule has 0 amide bonds. The Hall–Kier alpha value is -2.23. The summed E-state index contributed by atoms with van der Waals surface area (Å²) >= 11 is 0. The molecule has 0 saturated heterocycles. The largest absolute Gasteiger partial charge is 0.507 e. The van der Waals surface area contributed by atoms with E-state index < -0.39 is 5.97 Å². The van der Waals surface area contributed by atoms with Crippen molar-refractivity contribution in [3.05, 3.63) is 46.7 Å². The minimum absolute atomic E-state index is 0.00639. The average Bonchev–Trinajstić information content (AvgIpc) is 2.61. The third-order valence-corrected chi connectivity index (χ3v) is 5.56. The number of esters is 1. The summed E-state index contributed by atoms with van der Waals surface area (Å²) in [5.74, 6) is 1.01. The molecule has 0 saturated carbocycles. The summed E-state index contributed by atoms with van der Waals surface area (Å²) in [6.45, 7) is 8.34. The Labute approximate surface area is 155 Å². The fourth-order valence-electron chi connectivity index (χ4n) is 4.14. The summed E-state index contributed by atoms with van der Waals surface area (Å²) in [5.41, 5.74) is 3.05. The molecule has 1 aliphatic carbocycles. The maximum absolute atomic E-state index is 12.4. The van der Waals surface area contributed by atoms with Gasteiger partial charge in [0, 0.05) is 17.4 Å². The number of benzene rings is 1. The molecule has 0 bridgehead atoms. The lowest BCUT2D eigenvalue weighted by Gasteiger charge is -2.37. The van der Waals surface area contributed by atoms with E-state index in [-0.39, 0.29) is 23.1 Å². The van der Waals surface area contributed by atoms with Gasteiger partial charge in [0.1, 0.15) is 22.8 Å². The molecule has 1 heterocycles. The first-order valence-corrected chi connectivity index (χ1v) is 9.48. The highest BCUT2D eigenvalue weighted by molar-refractivity contribution is 5.95. The van der Waals surface area contributed by atoms with E-state index in [2.05, 4.69) is 26.5 Å². The normalized spacial score (nSPS) is 21.3. The zero-order valence-corrected chi connectivity index (χ0v) is 15.9. The van der Waals surface area contributed by atoms with Crippen LogP contribution in [0.2, 0.25) is 0 Å². The molecule has 2 atom stereocenters. The van der Waals surface area contributed by atoms with Crippen molar-refractivity contribution < 1.29 is 19.4 Å². The molecule has 140 valence electrons. The number of hydrogen-bond acceptors (Lipinski definition) is 4. The van der Waals surface area contributed by atoms with Crippen molar-refractivity contribution in [3.8, 4) is 11.5 Å². The van der Waals surface area contributed by atoms with E-state index in [0.29, 0.717) is 17.7 Å². The maximum Gasteiger partial charge on any atom is 0.341 e. The Kier molecular flexibility index (Phi) is 5.40. The minimum atomic E-state index is -0.491. The highest BCUT2D eigenvalue weighted by atomic mass is 16.5. The highest BCUT2D eigenvalue weighted by Crippen LogP contribution is 2.52. The molecule has 1 N–H and O–H groups in total. The van der Waals surface area contributed by atoms with Crippen LogP contribution in [0.4, 0.5) is 0 Å². The second-order valence-electron chi connectivity index (χ2n) is 7.37. The molecular weight excluding hydrogens is 328 g/mol. The molecule has 26 heavy (non-hydrogen) atoms. The van der Waals surface area contributed by atoms with Crippen molar-refractivity contribution in [1.82, 2.24) is 0 Å². The first kappa shape index (κ1) is 18.6. The van der Waals surface area contributed by atoms with Crippen LogP contribution < -0.4 is 4.74 Å². The number of carbonyl (C=O) groups excluding carboxylic acids is 1. The molecule has 0 unspecified atom stereocenters. The van der Waals surface area contributed by atoms with E-state index >= 15 is 0 Å².